The van der Waals surface area contributed by atoms with Crippen LogP contribution in [0.25, 0.3) is 11.3 Å². The third-order valence-corrected chi connectivity index (χ3v) is 2.72. The van der Waals surface area contributed by atoms with Crippen molar-refractivity contribution in [2.75, 3.05) is 11.5 Å². The van der Waals surface area contributed by atoms with Crippen LogP contribution in [0.15, 0.2) is 18.2 Å². The fourth-order valence-electron chi connectivity index (χ4n) is 1.86. The average molecular weight is 340 g/mol. The van der Waals surface area contributed by atoms with Gasteiger partial charge in [0.1, 0.15) is 28.9 Å². The summed E-state index contributed by atoms with van der Waals surface area (Å²) in [7, 11) is 0. The smallest absolute Gasteiger partial charge is 0.406 e. The Balaban J connectivity index is 2.75. The van der Waals surface area contributed by atoms with Crippen molar-refractivity contribution < 1.29 is 22.8 Å². The van der Waals surface area contributed by atoms with Crippen LogP contribution in [-0.4, -0.2) is 21.3 Å². The van der Waals surface area contributed by atoms with E-state index in [9.17, 15) is 23.3 Å². The highest BCUT2D eigenvalue weighted by molar-refractivity contribution is 5.80. The van der Waals surface area contributed by atoms with Gasteiger partial charge in [-0.2, -0.15) is 10.2 Å². The number of anilines is 2. The third-order valence-electron chi connectivity index (χ3n) is 2.72. The molecular formula is C12H7F3N6O3. The van der Waals surface area contributed by atoms with Crippen LogP contribution in [0.1, 0.15) is 5.56 Å². The predicted molar refractivity (Wildman–Crippen MR) is 74.3 cm³/mol. The summed E-state index contributed by atoms with van der Waals surface area (Å²) in [6, 6.07) is 3.89. The van der Waals surface area contributed by atoms with Crippen LogP contribution in [-0.2, 0) is 0 Å². The Morgan fingerprint density at radius 1 is 1.29 bits per heavy atom. The minimum atomic E-state index is -5.00. The van der Waals surface area contributed by atoms with Gasteiger partial charge in [-0.15, -0.1) is 13.2 Å². The van der Waals surface area contributed by atoms with Gasteiger partial charge in [0.25, 0.3) is 5.69 Å². The lowest BCUT2D eigenvalue weighted by Gasteiger charge is -2.11. The van der Waals surface area contributed by atoms with E-state index in [1.807, 2.05) is 0 Å². The van der Waals surface area contributed by atoms with Crippen molar-refractivity contribution in [2.24, 2.45) is 0 Å². The molecule has 0 saturated heterocycles. The molecule has 0 atom stereocenters. The summed E-state index contributed by atoms with van der Waals surface area (Å²) >= 11 is 0. The van der Waals surface area contributed by atoms with E-state index in [-0.39, 0.29) is 17.1 Å². The van der Waals surface area contributed by atoms with E-state index in [1.165, 1.54) is 0 Å². The number of hydrogen-bond donors (Lipinski definition) is 2. The summed E-state index contributed by atoms with van der Waals surface area (Å²) < 4.78 is 40.7. The van der Waals surface area contributed by atoms with Gasteiger partial charge in [-0.05, 0) is 12.1 Å². The number of nitrogens with two attached hydrogens (primary N) is 2. The van der Waals surface area contributed by atoms with Gasteiger partial charge < -0.3 is 16.2 Å². The Labute approximate surface area is 131 Å². The molecule has 0 unspecified atom stereocenters. The Kier molecular flexibility index (Phi) is 4.10. The van der Waals surface area contributed by atoms with Crippen molar-refractivity contribution in [1.82, 2.24) is 9.97 Å². The highest BCUT2D eigenvalue weighted by atomic mass is 19.4. The van der Waals surface area contributed by atoms with Crippen LogP contribution in [0.5, 0.6) is 5.75 Å². The molecule has 0 bridgehead atoms. The molecule has 0 saturated carbocycles. The normalized spacial score (nSPS) is 10.9. The number of nitro groups is 1. The minimum Gasteiger partial charge on any atom is -0.406 e. The van der Waals surface area contributed by atoms with Gasteiger partial charge in [-0.25, -0.2) is 4.98 Å². The van der Waals surface area contributed by atoms with Crippen molar-refractivity contribution >= 4 is 17.5 Å². The van der Waals surface area contributed by atoms with E-state index in [2.05, 4.69) is 14.7 Å². The lowest BCUT2D eigenvalue weighted by Crippen LogP contribution is -2.17. The standard InChI is InChI=1S/C12H7F3N6O3/c13-12(14,15)24-5-1-2-8(21(22)23)6(3-5)9-7(4-16)10(17)20-11(18)19-9/h1-3H,(H4,17,18,19,20). The van der Waals surface area contributed by atoms with Gasteiger partial charge in [-0.3, -0.25) is 10.1 Å². The van der Waals surface area contributed by atoms with Gasteiger partial charge in [0.15, 0.2) is 0 Å². The summed E-state index contributed by atoms with van der Waals surface area (Å²) in [5.74, 6) is -1.50. The molecule has 0 radical (unpaired) electrons. The number of nitrogen functional groups attached to an aromatic ring is 2. The molecule has 0 amide bonds. The number of rotatable bonds is 3. The van der Waals surface area contributed by atoms with Gasteiger partial charge >= 0.3 is 6.36 Å². The second-order valence-corrected chi connectivity index (χ2v) is 4.29. The Morgan fingerprint density at radius 3 is 2.50 bits per heavy atom. The third kappa shape index (κ3) is 3.40. The number of benzene rings is 1. The molecule has 0 fully saturated rings. The number of hydrogen-bond acceptors (Lipinski definition) is 8. The highest BCUT2D eigenvalue weighted by Gasteiger charge is 2.32. The van der Waals surface area contributed by atoms with Crippen LogP contribution in [0, 0.1) is 21.4 Å². The van der Waals surface area contributed by atoms with Gasteiger partial charge in [0.05, 0.1) is 10.5 Å². The van der Waals surface area contributed by atoms with Crippen LogP contribution >= 0.6 is 0 Å². The van der Waals surface area contributed by atoms with Crippen LogP contribution in [0.2, 0.25) is 0 Å². The number of nitrogens with zero attached hydrogens (tertiary/aromatic N) is 4. The molecule has 4 N–H and O–H groups in total. The Hall–Kier alpha value is -3.62. The van der Waals surface area contributed by atoms with Crippen molar-refractivity contribution in [3.63, 3.8) is 0 Å². The van der Waals surface area contributed by atoms with Crippen LogP contribution in [0.4, 0.5) is 30.6 Å². The summed E-state index contributed by atoms with van der Waals surface area (Å²) in [6.07, 6.45) is -5.00. The molecule has 0 spiro atoms. The van der Waals surface area contributed by atoms with Crippen LogP contribution in [0.3, 0.4) is 0 Å². The van der Waals surface area contributed by atoms with E-state index < -0.39 is 34.2 Å². The fraction of sp³-hybridized carbons (Fsp3) is 0.0833. The number of nitro benzene ring substituents is 1. The molecule has 0 aliphatic rings. The number of aromatic nitrogens is 2. The monoisotopic (exact) mass is 340 g/mol. The zero-order valence-electron chi connectivity index (χ0n) is 11.5. The first-order chi connectivity index (χ1) is 11.1. The molecule has 2 rings (SSSR count). The number of halogens is 3. The Bertz CT molecular complexity index is 862. The summed E-state index contributed by atoms with van der Waals surface area (Å²) in [4.78, 5) is 17.5. The molecule has 12 heteroatoms. The molecule has 0 aliphatic heterocycles. The quantitative estimate of drug-likeness (QED) is 0.635. The summed E-state index contributed by atoms with van der Waals surface area (Å²) in [5.41, 5.74) is 9.13. The number of ether oxygens (including phenoxy) is 1. The maximum Gasteiger partial charge on any atom is 0.573 e. The fourth-order valence-corrected chi connectivity index (χ4v) is 1.86. The minimum absolute atomic E-state index is 0.364. The molecule has 9 nitrogen and oxygen atoms in total. The van der Waals surface area contributed by atoms with E-state index in [1.54, 1.807) is 6.07 Å². The zero-order valence-corrected chi connectivity index (χ0v) is 11.5. The average Bonchev–Trinajstić information content (AvgIpc) is 2.44. The molecule has 1 heterocycles. The highest BCUT2D eigenvalue weighted by Crippen LogP contribution is 2.36. The molecule has 124 valence electrons. The first-order valence-corrected chi connectivity index (χ1v) is 6.00. The van der Waals surface area contributed by atoms with Crippen molar-refractivity contribution in [3.8, 4) is 23.1 Å². The maximum absolute atomic E-state index is 12.3. The molecular weight excluding hydrogens is 333 g/mol. The van der Waals surface area contributed by atoms with E-state index in [4.69, 9.17) is 16.7 Å². The van der Waals surface area contributed by atoms with Gasteiger partial charge in [0.2, 0.25) is 5.95 Å². The van der Waals surface area contributed by atoms with Crippen molar-refractivity contribution in [3.05, 3.63) is 33.9 Å². The largest absolute Gasteiger partial charge is 0.573 e. The summed E-state index contributed by atoms with van der Waals surface area (Å²) in [6.45, 7) is 0. The number of alkyl halides is 3. The molecule has 2 aromatic rings. The lowest BCUT2D eigenvalue weighted by molar-refractivity contribution is -0.384. The molecule has 24 heavy (non-hydrogen) atoms. The van der Waals surface area contributed by atoms with Crippen molar-refractivity contribution in [2.45, 2.75) is 6.36 Å². The van der Waals surface area contributed by atoms with E-state index in [0.717, 1.165) is 12.1 Å². The summed E-state index contributed by atoms with van der Waals surface area (Å²) in [5, 5.41) is 20.2. The molecule has 1 aromatic carbocycles. The SMILES string of the molecule is N#Cc1c(N)nc(N)nc1-c1cc(OC(F)(F)F)ccc1[N+](=O)[O-]. The van der Waals surface area contributed by atoms with E-state index >= 15 is 0 Å². The van der Waals surface area contributed by atoms with E-state index in [0.29, 0.717) is 6.07 Å². The topological polar surface area (TPSA) is 154 Å². The van der Waals surface area contributed by atoms with Gasteiger partial charge in [0, 0.05) is 6.07 Å². The van der Waals surface area contributed by atoms with Crippen LogP contribution < -0.4 is 16.2 Å². The maximum atomic E-state index is 12.3. The second-order valence-electron chi connectivity index (χ2n) is 4.29. The Morgan fingerprint density at radius 2 is 1.96 bits per heavy atom. The zero-order chi connectivity index (χ0) is 18.1. The molecule has 0 aliphatic carbocycles. The molecule has 1 aromatic heterocycles. The first-order valence-electron chi connectivity index (χ1n) is 6.00. The first kappa shape index (κ1) is 16.7. The number of nitriles is 1. The predicted octanol–water partition coefficient (Wildman–Crippen LogP) is 1.99. The lowest BCUT2D eigenvalue weighted by atomic mass is 10.0. The van der Waals surface area contributed by atoms with Gasteiger partial charge in [-0.1, -0.05) is 0 Å². The van der Waals surface area contributed by atoms with Crippen molar-refractivity contribution in [1.29, 1.82) is 5.26 Å². The second kappa shape index (κ2) is 5.88.